The molecule has 0 spiro atoms. The lowest BCUT2D eigenvalue weighted by Gasteiger charge is -2.41. The number of thiocarbonyl (C=S) groups is 1. The summed E-state index contributed by atoms with van der Waals surface area (Å²) in [5.74, 6) is 0. The van der Waals surface area contributed by atoms with Crippen LogP contribution in [0, 0.1) is 6.92 Å². The summed E-state index contributed by atoms with van der Waals surface area (Å²) < 4.78 is 0. The fraction of sp³-hybridized carbons (Fsp3) is 0.611. The van der Waals surface area contributed by atoms with Gasteiger partial charge in [0.05, 0.1) is 10.7 Å². The lowest BCUT2D eigenvalue weighted by atomic mass is 9.94. The van der Waals surface area contributed by atoms with E-state index in [-0.39, 0.29) is 0 Å². The molecule has 1 aromatic rings. The minimum Gasteiger partial charge on any atom is -0.346 e. The van der Waals surface area contributed by atoms with Gasteiger partial charge in [-0.3, -0.25) is 4.90 Å². The van der Waals surface area contributed by atoms with E-state index in [4.69, 9.17) is 23.8 Å². The molecular formula is C18H26ClN3S. The van der Waals surface area contributed by atoms with Gasteiger partial charge in [-0.2, -0.15) is 0 Å². The molecular weight excluding hydrogens is 326 g/mol. The highest BCUT2D eigenvalue weighted by molar-refractivity contribution is 7.80. The Morgan fingerprint density at radius 1 is 1.13 bits per heavy atom. The Morgan fingerprint density at radius 2 is 1.83 bits per heavy atom. The number of halogens is 1. The van der Waals surface area contributed by atoms with Crippen molar-refractivity contribution in [2.45, 2.75) is 45.1 Å². The summed E-state index contributed by atoms with van der Waals surface area (Å²) in [6.07, 6.45) is 6.97. The second-order valence-corrected chi connectivity index (χ2v) is 7.52. The van der Waals surface area contributed by atoms with E-state index in [2.05, 4.69) is 21.2 Å². The van der Waals surface area contributed by atoms with E-state index in [1.807, 2.05) is 19.1 Å². The van der Waals surface area contributed by atoms with Gasteiger partial charge in [0, 0.05) is 32.2 Å². The lowest BCUT2D eigenvalue weighted by Crippen LogP contribution is -2.53. The number of aryl methyl sites for hydroxylation is 1. The van der Waals surface area contributed by atoms with Crippen LogP contribution in [0.3, 0.4) is 0 Å². The number of anilines is 1. The first-order chi connectivity index (χ1) is 11.1. The lowest BCUT2D eigenvalue weighted by molar-refractivity contribution is 0.108. The van der Waals surface area contributed by atoms with Crippen LogP contribution < -0.4 is 5.32 Å². The molecule has 1 N–H and O–H groups in total. The van der Waals surface area contributed by atoms with Gasteiger partial charge in [0.1, 0.15) is 0 Å². The molecule has 0 aromatic heterocycles. The molecule has 1 aromatic carbocycles. The van der Waals surface area contributed by atoms with Gasteiger partial charge in [0.2, 0.25) is 0 Å². The highest BCUT2D eigenvalue weighted by atomic mass is 35.5. The van der Waals surface area contributed by atoms with Gasteiger partial charge in [0.25, 0.3) is 0 Å². The number of nitrogens with zero attached hydrogens (tertiary/aromatic N) is 2. The van der Waals surface area contributed by atoms with Gasteiger partial charge in [0.15, 0.2) is 5.11 Å². The number of benzene rings is 1. The Labute approximate surface area is 150 Å². The smallest absolute Gasteiger partial charge is 0.173 e. The Morgan fingerprint density at radius 3 is 2.48 bits per heavy atom. The maximum atomic E-state index is 6.29. The van der Waals surface area contributed by atoms with Crippen LogP contribution in [0.4, 0.5) is 5.69 Å². The Hall–Kier alpha value is -0.840. The molecule has 3 nitrogen and oxygen atoms in total. The zero-order chi connectivity index (χ0) is 16.2. The van der Waals surface area contributed by atoms with Crippen molar-refractivity contribution in [2.75, 3.05) is 31.5 Å². The molecule has 0 atom stereocenters. The Bertz CT molecular complexity index is 549. The number of rotatable bonds is 2. The van der Waals surface area contributed by atoms with Crippen LogP contribution in [-0.2, 0) is 0 Å². The van der Waals surface area contributed by atoms with Gasteiger partial charge >= 0.3 is 0 Å². The summed E-state index contributed by atoms with van der Waals surface area (Å²) in [6, 6.07) is 6.83. The standard InChI is InChI=1S/C18H26ClN3S/c1-14-7-8-17(16(19)13-14)20-18(23)22-11-9-21(10-12-22)15-5-3-2-4-6-15/h7-8,13,15H,2-6,9-12H2,1H3,(H,20,23). The molecule has 1 heterocycles. The molecule has 0 bridgehead atoms. The van der Waals surface area contributed by atoms with Crippen molar-refractivity contribution in [1.82, 2.24) is 9.80 Å². The average Bonchev–Trinajstić information content (AvgIpc) is 2.58. The second kappa shape index (κ2) is 7.82. The van der Waals surface area contributed by atoms with E-state index in [0.29, 0.717) is 0 Å². The van der Waals surface area contributed by atoms with E-state index < -0.39 is 0 Å². The van der Waals surface area contributed by atoms with Gasteiger partial charge in [-0.25, -0.2) is 0 Å². The third-order valence-electron chi connectivity index (χ3n) is 5.06. The fourth-order valence-corrected chi connectivity index (χ4v) is 4.23. The maximum absolute atomic E-state index is 6.29. The predicted molar refractivity (Wildman–Crippen MR) is 102 cm³/mol. The number of nitrogens with one attached hydrogen (secondary N) is 1. The minimum absolute atomic E-state index is 0.730. The molecule has 0 unspecified atom stereocenters. The monoisotopic (exact) mass is 351 g/mol. The van der Waals surface area contributed by atoms with Crippen LogP contribution >= 0.6 is 23.8 Å². The largest absolute Gasteiger partial charge is 0.346 e. The van der Waals surface area contributed by atoms with Crippen LogP contribution in [0.25, 0.3) is 0 Å². The van der Waals surface area contributed by atoms with E-state index in [1.54, 1.807) is 0 Å². The van der Waals surface area contributed by atoms with Crippen LogP contribution in [0.1, 0.15) is 37.7 Å². The molecule has 0 amide bonds. The maximum Gasteiger partial charge on any atom is 0.173 e. The van der Waals surface area contributed by atoms with Crippen molar-refractivity contribution < 1.29 is 0 Å². The normalized spacial score (nSPS) is 20.5. The first-order valence-corrected chi connectivity index (χ1v) is 9.48. The fourth-order valence-electron chi connectivity index (χ4n) is 3.65. The average molecular weight is 352 g/mol. The van der Waals surface area contributed by atoms with E-state index in [0.717, 1.165) is 53.6 Å². The summed E-state index contributed by atoms with van der Waals surface area (Å²) in [5, 5.41) is 4.83. The molecule has 1 aliphatic carbocycles. The molecule has 3 rings (SSSR count). The van der Waals surface area contributed by atoms with Gasteiger partial charge in [-0.1, -0.05) is 36.9 Å². The minimum atomic E-state index is 0.730. The van der Waals surface area contributed by atoms with Crippen molar-refractivity contribution in [1.29, 1.82) is 0 Å². The Balaban J connectivity index is 1.51. The summed E-state index contributed by atoms with van der Waals surface area (Å²) in [5.41, 5.74) is 2.06. The van der Waals surface area contributed by atoms with Crippen LogP contribution in [0.2, 0.25) is 5.02 Å². The highest BCUT2D eigenvalue weighted by Crippen LogP contribution is 2.25. The van der Waals surface area contributed by atoms with Crippen molar-refractivity contribution in [3.8, 4) is 0 Å². The quantitative estimate of drug-likeness (QED) is 0.800. The molecule has 1 saturated heterocycles. The third-order valence-corrected chi connectivity index (χ3v) is 5.73. The van der Waals surface area contributed by atoms with E-state index >= 15 is 0 Å². The van der Waals surface area contributed by atoms with Crippen LogP contribution in [0.15, 0.2) is 18.2 Å². The summed E-state index contributed by atoms with van der Waals surface area (Å²) >= 11 is 11.9. The zero-order valence-electron chi connectivity index (χ0n) is 13.9. The molecule has 126 valence electrons. The van der Waals surface area contributed by atoms with Crippen molar-refractivity contribution >= 4 is 34.6 Å². The molecule has 1 aliphatic heterocycles. The first kappa shape index (κ1) is 17.0. The number of hydrogen-bond donors (Lipinski definition) is 1. The van der Waals surface area contributed by atoms with E-state index in [1.165, 1.54) is 32.1 Å². The van der Waals surface area contributed by atoms with Crippen molar-refractivity contribution in [3.63, 3.8) is 0 Å². The Kier molecular flexibility index (Phi) is 5.78. The van der Waals surface area contributed by atoms with E-state index in [9.17, 15) is 0 Å². The van der Waals surface area contributed by atoms with Gasteiger partial charge in [-0.05, 0) is 49.7 Å². The van der Waals surface area contributed by atoms with Crippen molar-refractivity contribution in [3.05, 3.63) is 28.8 Å². The van der Waals surface area contributed by atoms with Gasteiger partial charge < -0.3 is 10.2 Å². The van der Waals surface area contributed by atoms with Crippen molar-refractivity contribution in [2.24, 2.45) is 0 Å². The molecule has 1 saturated carbocycles. The summed E-state index contributed by atoms with van der Waals surface area (Å²) in [4.78, 5) is 4.93. The van der Waals surface area contributed by atoms with Crippen LogP contribution in [0.5, 0.6) is 0 Å². The highest BCUT2D eigenvalue weighted by Gasteiger charge is 2.26. The number of hydrogen-bond acceptors (Lipinski definition) is 2. The molecule has 0 radical (unpaired) electrons. The molecule has 2 aliphatic rings. The SMILES string of the molecule is Cc1ccc(NC(=S)N2CCN(C3CCCCC3)CC2)c(Cl)c1. The second-order valence-electron chi connectivity index (χ2n) is 6.73. The zero-order valence-corrected chi connectivity index (χ0v) is 15.4. The van der Waals surface area contributed by atoms with Crippen LogP contribution in [-0.4, -0.2) is 47.1 Å². The summed E-state index contributed by atoms with van der Waals surface area (Å²) in [6.45, 7) is 6.29. The first-order valence-electron chi connectivity index (χ1n) is 8.69. The summed E-state index contributed by atoms with van der Waals surface area (Å²) in [7, 11) is 0. The topological polar surface area (TPSA) is 18.5 Å². The van der Waals surface area contributed by atoms with Gasteiger partial charge in [-0.15, -0.1) is 0 Å². The molecule has 23 heavy (non-hydrogen) atoms. The molecule has 5 heteroatoms. The number of piperazine rings is 1. The predicted octanol–water partition coefficient (Wildman–Crippen LogP) is 4.30. The third kappa shape index (κ3) is 4.37. The molecule has 2 fully saturated rings.